The van der Waals surface area contributed by atoms with Crippen molar-refractivity contribution in [3.63, 3.8) is 0 Å². The highest BCUT2D eigenvalue weighted by Gasteiger charge is 2.26. The van der Waals surface area contributed by atoms with Gasteiger partial charge in [0.15, 0.2) is 0 Å². The van der Waals surface area contributed by atoms with Crippen LogP contribution in [0.5, 0.6) is 0 Å². The maximum Gasteiger partial charge on any atom is 0.258 e. The zero-order valence-corrected chi connectivity index (χ0v) is 12.2. The third kappa shape index (κ3) is 2.46. The summed E-state index contributed by atoms with van der Waals surface area (Å²) in [5, 5.41) is 3.10. The molecule has 0 radical (unpaired) electrons. The molecule has 0 fully saturated rings. The minimum Gasteiger partial charge on any atom is -0.288 e. The average Bonchev–Trinajstić information content (AvgIpc) is 2.47. The van der Waals surface area contributed by atoms with Crippen LogP contribution in [0.3, 0.4) is 0 Å². The molecule has 1 N–H and O–H groups in total. The van der Waals surface area contributed by atoms with Gasteiger partial charge < -0.3 is 0 Å². The molecule has 0 saturated heterocycles. The van der Waals surface area contributed by atoms with Crippen LogP contribution >= 0.6 is 23.2 Å². The molecule has 5 heteroatoms. The van der Waals surface area contributed by atoms with Crippen molar-refractivity contribution in [1.82, 2.24) is 5.32 Å². The van der Waals surface area contributed by atoms with Crippen LogP contribution in [-0.4, -0.2) is 11.8 Å². The summed E-state index contributed by atoms with van der Waals surface area (Å²) < 4.78 is 0. The standard InChI is InChI=1S/C16H9Cl2NO2/c17-13-7-3-4-9(14(13)18)8-12-10-5-1-2-6-11(10)15(20)19-16(12)21/h1-8H,(H,19,20,21)/b12-8+. The Labute approximate surface area is 131 Å². The summed E-state index contributed by atoms with van der Waals surface area (Å²) in [6, 6.07) is 12.1. The average molecular weight is 318 g/mol. The maximum atomic E-state index is 12.1. The van der Waals surface area contributed by atoms with Gasteiger partial charge in [-0.15, -0.1) is 0 Å². The summed E-state index contributed by atoms with van der Waals surface area (Å²) in [6.45, 7) is 0. The van der Waals surface area contributed by atoms with Gasteiger partial charge in [-0.1, -0.05) is 53.5 Å². The Balaban J connectivity index is 2.20. The lowest BCUT2D eigenvalue weighted by atomic mass is 9.93. The predicted molar refractivity (Wildman–Crippen MR) is 83.2 cm³/mol. The summed E-state index contributed by atoms with van der Waals surface area (Å²) in [4.78, 5) is 23.9. The van der Waals surface area contributed by atoms with E-state index in [1.54, 1.807) is 48.5 Å². The monoisotopic (exact) mass is 317 g/mol. The SMILES string of the molecule is O=C1NC(=O)c2ccccc2/C1=C\c1cccc(Cl)c1Cl. The maximum absolute atomic E-state index is 12.1. The zero-order chi connectivity index (χ0) is 15.0. The van der Waals surface area contributed by atoms with Crippen LogP contribution in [0.2, 0.25) is 10.0 Å². The van der Waals surface area contributed by atoms with E-state index < -0.39 is 11.8 Å². The van der Waals surface area contributed by atoms with Crippen LogP contribution < -0.4 is 5.32 Å². The summed E-state index contributed by atoms with van der Waals surface area (Å²) in [7, 11) is 0. The van der Waals surface area contributed by atoms with Gasteiger partial charge in [0.05, 0.1) is 10.0 Å². The summed E-state index contributed by atoms with van der Waals surface area (Å²) in [5.74, 6) is -0.848. The van der Waals surface area contributed by atoms with E-state index >= 15 is 0 Å². The number of amides is 2. The number of carbonyl (C=O) groups excluding carboxylic acids is 2. The molecule has 0 saturated carbocycles. The van der Waals surface area contributed by atoms with Crippen LogP contribution in [0.4, 0.5) is 0 Å². The molecular weight excluding hydrogens is 309 g/mol. The largest absolute Gasteiger partial charge is 0.288 e. The molecule has 0 aliphatic carbocycles. The summed E-state index contributed by atoms with van der Waals surface area (Å²) in [6.07, 6.45) is 1.63. The van der Waals surface area contributed by atoms with E-state index in [1.165, 1.54) is 0 Å². The highest BCUT2D eigenvalue weighted by Crippen LogP contribution is 2.31. The lowest BCUT2D eigenvalue weighted by molar-refractivity contribution is -0.114. The topological polar surface area (TPSA) is 46.2 Å². The van der Waals surface area contributed by atoms with Gasteiger partial charge in [0, 0.05) is 11.1 Å². The zero-order valence-electron chi connectivity index (χ0n) is 10.7. The molecule has 0 aromatic heterocycles. The van der Waals surface area contributed by atoms with E-state index in [1.807, 2.05) is 0 Å². The molecule has 1 aliphatic heterocycles. The second kappa shape index (κ2) is 5.35. The molecule has 2 aromatic rings. The van der Waals surface area contributed by atoms with Gasteiger partial charge in [-0.3, -0.25) is 14.9 Å². The van der Waals surface area contributed by atoms with Crippen LogP contribution in [0.25, 0.3) is 11.6 Å². The van der Waals surface area contributed by atoms with Crippen LogP contribution in [0, 0.1) is 0 Å². The van der Waals surface area contributed by atoms with Crippen LogP contribution in [0.15, 0.2) is 42.5 Å². The number of rotatable bonds is 1. The number of hydrogen-bond acceptors (Lipinski definition) is 2. The number of carbonyl (C=O) groups is 2. The number of nitrogens with one attached hydrogen (secondary N) is 1. The number of fused-ring (bicyclic) bond motifs is 1. The van der Waals surface area contributed by atoms with Gasteiger partial charge in [-0.05, 0) is 29.3 Å². The summed E-state index contributed by atoms with van der Waals surface area (Å²) >= 11 is 12.1. The van der Waals surface area contributed by atoms with E-state index in [2.05, 4.69) is 5.32 Å². The number of benzene rings is 2. The van der Waals surface area contributed by atoms with Crippen molar-refractivity contribution >= 4 is 46.7 Å². The Morgan fingerprint density at radius 3 is 2.33 bits per heavy atom. The third-order valence-corrected chi connectivity index (χ3v) is 4.05. The number of hydrogen-bond donors (Lipinski definition) is 1. The van der Waals surface area contributed by atoms with Crippen molar-refractivity contribution in [3.05, 3.63) is 69.2 Å². The third-order valence-electron chi connectivity index (χ3n) is 3.21. The van der Waals surface area contributed by atoms with Crippen molar-refractivity contribution in [2.75, 3.05) is 0 Å². The van der Waals surface area contributed by atoms with E-state index in [-0.39, 0.29) is 0 Å². The fourth-order valence-electron chi connectivity index (χ4n) is 2.21. The molecule has 2 aromatic carbocycles. The highest BCUT2D eigenvalue weighted by molar-refractivity contribution is 6.43. The van der Waals surface area contributed by atoms with Crippen molar-refractivity contribution in [3.8, 4) is 0 Å². The molecule has 2 amide bonds. The van der Waals surface area contributed by atoms with Gasteiger partial charge >= 0.3 is 0 Å². The van der Waals surface area contributed by atoms with Gasteiger partial charge in [-0.25, -0.2) is 0 Å². The van der Waals surface area contributed by atoms with E-state index in [9.17, 15) is 9.59 Å². The summed E-state index contributed by atoms with van der Waals surface area (Å²) in [5.41, 5.74) is 2.05. The quantitative estimate of drug-likeness (QED) is 0.642. The molecule has 0 unspecified atom stereocenters. The molecule has 0 atom stereocenters. The highest BCUT2D eigenvalue weighted by atomic mass is 35.5. The van der Waals surface area contributed by atoms with E-state index in [0.29, 0.717) is 32.3 Å². The normalized spacial score (nSPS) is 15.8. The Hall–Kier alpha value is -2.10. The first-order valence-corrected chi connectivity index (χ1v) is 6.94. The fraction of sp³-hybridized carbons (Fsp3) is 0. The van der Waals surface area contributed by atoms with Gasteiger partial charge in [0.25, 0.3) is 11.8 Å². The molecule has 0 spiro atoms. The minimum atomic E-state index is -0.449. The van der Waals surface area contributed by atoms with Crippen LogP contribution in [0.1, 0.15) is 21.5 Å². The first-order chi connectivity index (χ1) is 10.1. The van der Waals surface area contributed by atoms with E-state index in [4.69, 9.17) is 23.2 Å². The minimum absolute atomic E-state index is 0.369. The molecule has 104 valence electrons. The lowest BCUT2D eigenvalue weighted by Gasteiger charge is -2.18. The molecule has 1 heterocycles. The van der Waals surface area contributed by atoms with Crippen molar-refractivity contribution in [2.24, 2.45) is 0 Å². The molecule has 0 bridgehead atoms. The molecule has 3 rings (SSSR count). The second-order valence-electron chi connectivity index (χ2n) is 4.53. The first-order valence-electron chi connectivity index (χ1n) is 6.18. The molecule has 1 aliphatic rings. The number of imide groups is 1. The smallest absolute Gasteiger partial charge is 0.258 e. The van der Waals surface area contributed by atoms with Crippen molar-refractivity contribution in [2.45, 2.75) is 0 Å². The second-order valence-corrected chi connectivity index (χ2v) is 5.32. The van der Waals surface area contributed by atoms with Gasteiger partial charge in [0.2, 0.25) is 0 Å². The van der Waals surface area contributed by atoms with Crippen molar-refractivity contribution < 1.29 is 9.59 Å². The Bertz CT molecular complexity index is 797. The molecule has 21 heavy (non-hydrogen) atoms. The Morgan fingerprint density at radius 2 is 1.57 bits per heavy atom. The fourth-order valence-corrected chi connectivity index (χ4v) is 2.57. The Morgan fingerprint density at radius 1 is 0.857 bits per heavy atom. The Kier molecular flexibility index (Phi) is 3.53. The van der Waals surface area contributed by atoms with E-state index in [0.717, 1.165) is 0 Å². The van der Waals surface area contributed by atoms with Gasteiger partial charge in [-0.2, -0.15) is 0 Å². The predicted octanol–water partition coefficient (Wildman–Crippen LogP) is 3.80. The van der Waals surface area contributed by atoms with Crippen LogP contribution in [-0.2, 0) is 4.79 Å². The number of halogens is 2. The lowest BCUT2D eigenvalue weighted by Crippen LogP contribution is -2.36. The van der Waals surface area contributed by atoms with Gasteiger partial charge in [0.1, 0.15) is 0 Å². The van der Waals surface area contributed by atoms with Crippen molar-refractivity contribution in [1.29, 1.82) is 0 Å². The molecular formula is C16H9Cl2NO2. The molecule has 3 nitrogen and oxygen atoms in total. The first kappa shape index (κ1) is 13.9.